The third kappa shape index (κ3) is 4.75. The van der Waals surface area contributed by atoms with Gasteiger partial charge < -0.3 is 14.6 Å². The Kier molecular flexibility index (Phi) is 4.73. The topological polar surface area (TPSA) is 55.8 Å². The zero-order valence-corrected chi connectivity index (χ0v) is 11.3. The molecule has 0 aliphatic carbocycles. The molecule has 0 saturated heterocycles. The van der Waals surface area contributed by atoms with E-state index in [-0.39, 0.29) is 6.61 Å². The van der Waals surface area contributed by atoms with Crippen molar-refractivity contribution >= 4 is 5.97 Å². The number of ether oxygens (including phenoxy) is 2. The van der Waals surface area contributed by atoms with Crippen LogP contribution < -0.4 is 4.74 Å². The van der Waals surface area contributed by atoms with Gasteiger partial charge in [-0.1, -0.05) is 12.1 Å². The van der Waals surface area contributed by atoms with Gasteiger partial charge in [-0.2, -0.15) is 0 Å². The van der Waals surface area contributed by atoms with E-state index >= 15 is 0 Å². The van der Waals surface area contributed by atoms with Gasteiger partial charge in [-0.25, -0.2) is 4.79 Å². The molecule has 0 saturated carbocycles. The second kappa shape index (κ2) is 5.87. The molecule has 18 heavy (non-hydrogen) atoms. The van der Waals surface area contributed by atoms with Crippen LogP contribution in [0.3, 0.4) is 0 Å². The van der Waals surface area contributed by atoms with E-state index in [1.165, 1.54) is 0 Å². The molecule has 1 unspecified atom stereocenters. The Labute approximate surface area is 108 Å². The molecular weight excluding hydrogens is 232 g/mol. The van der Waals surface area contributed by atoms with Crippen LogP contribution in [-0.2, 0) is 16.1 Å². The third-order valence-corrected chi connectivity index (χ3v) is 2.13. The van der Waals surface area contributed by atoms with Crippen molar-refractivity contribution < 1.29 is 19.4 Å². The van der Waals surface area contributed by atoms with E-state index in [1.54, 1.807) is 31.2 Å². The molecule has 0 bridgehead atoms. The van der Waals surface area contributed by atoms with Gasteiger partial charge in [-0.3, -0.25) is 0 Å². The molecular formula is C14H20O4. The summed E-state index contributed by atoms with van der Waals surface area (Å²) in [5, 5.41) is 9.01. The molecule has 0 aromatic heterocycles. The number of hydrogen-bond acceptors (Lipinski definition) is 4. The van der Waals surface area contributed by atoms with Gasteiger partial charge >= 0.3 is 5.97 Å². The minimum atomic E-state index is -0.682. The Morgan fingerprint density at radius 2 is 2.06 bits per heavy atom. The summed E-state index contributed by atoms with van der Waals surface area (Å²) in [6.45, 7) is 7.01. The molecule has 1 aromatic rings. The normalized spacial score (nSPS) is 12.9. The molecule has 1 rings (SSSR count). The smallest absolute Gasteiger partial charge is 0.347 e. The highest BCUT2D eigenvalue weighted by atomic mass is 16.6. The first-order chi connectivity index (χ1) is 8.31. The van der Waals surface area contributed by atoms with Gasteiger partial charge in [0.1, 0.15) is 11.4 Å². The van der Waals surface area contributed by atoms with Crippen molar-refractivity contribution in [2.24, 2.45) is 0 Å². The van der Waals surface area contributed by atoms with E-state index in [9.17, 15) is 4.79 Å². The summed E-state index contributed by atoms with van der Waals surface area (Å²) in [6.07, 6.45) is -0.682. The quantitative estimate of drug-likeness (QED) is 0.835. The predicted octanol–water partition coefficient (Wildman–Crippen LogP) is 2.29. The molecule has 0 radical (unpaired) electrons. The van der Waals surface area contributed by atoms with Gasteiger partial charge in [0, 0.05) is 0 Å². The molecule has 1 atom stereocenters. The van der Waals surface area contributed by atoms with Crippen LogP contribution in [0.2, 0.25) is 0 Å². The number of hydrogen-bond donors (Lipinski definition) is 1. The van der Waals surface area contributed by atoms with Crippen molar-refractivity contribution in [2.75, 3.05) is 0 Å². The number of carbonyl (C=O) groups excluding carboxylic acids is 1. The van der Waals surface area contributed by atoms with Gasteiger partial charge in [-0.05, 0) is 45.4 Å². The lowest BCUT2D eigenvalue weighted by atomic mass is 10.2. The van der Waals surface area contributed by atoms with Gasteiger partial charge in [0.25, 0.3) is 0 Å². The van der Waals surface area contributed by atoms with E-state index in [1.807, 2.05) is 20.8 Å². The van der Waals surface area contributed by atoms with Crippen LogP contribution >= 0.6 is 0 Å². The fourth-order valence-corrected chi connectivity index (χ4v) is 1.35. The molecule has 0 aliphatic heterocycles. The second-order valence-corrected chi connectivity index (χ2v) is 5.10. The van der Waals surface area contributed by atoms with Crippen LogP contribution in [0.4, 0.5) is 0 Å². The fraction of sp³-hybridized carbons (Fsp3) is 0.500. The van der Waals surface area contributed by atoms with Crippen LogP contribution in [0, 0.1) is 0 Å². The van der Waals surface area contributed by atoms with Crippen molar-refractivity contribution in [3.63, 3.8) is 0 Å². The Morgan fingerprint density at radius 1 is 1.39 bits per heavy atom. The Bertz CT molecular complexity index is 407. The first-order valence-corrected chi connectivity index (χ1v) is 5.91. The van der Waals surface area contributed by atoms with Crippen molar-refractivity contribution in [2.45, 2.75) is 46.0 Å². The Balaban J connectivity index is 2.63. The average molecular weight is 252 g/mol. The van der Waals surface area contributed by atoms with Crippen molar-refractivity contribution in [1.29, 1.82) is 0 Å². The van der Waals surface area contributed by atoms with Gasteiger partial charge in [-0.15, -0.1) is 0 Å². The molecule has 0 heterocycles. The molecule has 0 aliphatic rings. The lowest BCUT2D eigenvalue weighted by Gasteiger charge is -2.22. The van der Waals surface area contributed by atoms with E-state index < -0.39 is 17.7 Å². The highest BCUT2D eigenvalue weighted by Crippen LogP contribution is 2.16. The molecule has 100 valence electrons. The maximum absolute atomic E-state index is 11.7. The highest BCUT2D eigenvalue weighted by Gasteiger charge is 2.22. The van der Waals surface area contributed by atoms with E-state index in [0.717, 1.165) is 5.56 Å². The summed E-state index contributed by atoms with van der Waals surface area (Å²) in [4.78, 5) is 11.7. The fourth-order valence-electron chi connectivity index (χ4n) is 1.35. The first-order valence-electron chi connectivity index (χ1n) is 5.91. The van der Waals surface area contributed by atoms with Crippen molar-refractivity contribution in [3.8, 4) is 5.75 Å². The van der Waals surface area contributed by atoms with Crippen molar-refractivity contribution in [1.82, 2.24) is 0 Å². The molecule has 1 aromatic carbocycles. The first kappa shape index (κ1) is 14.5. The largest absolute Gasteiger partial charge is 0.479 e. The molecule has 4 nitrogen and oxygen atoms in total. The van der Waals surface area contributed by atoms with Gasteiger partial charge in [0.2, 0.25) is 0 Å². The van der Waals surface area contributed by atoms with Crippen molar-refractivity contribution in [3.05, 3.63) is 29.8 Å². The summed E-state index contributed by atoms with van der Waals surface area (Å²) in [5.74, 6) is 0.136. The lowest BCUT2D eigenvalue weighted by molar-refractivity contribution is -0.162. The van der Waals surface area contributed by atoms with E-state index in [4.69, 9.17) is 14.6 Å². The van der Waals surface area contributed by atoms with Crippen LogP contribution in [-0.4, -0.2) is 22.8 Å². The molecule has 1 N–H and O–H groups in total. The number of rotatable bonds is 4. The zero-order valence-electron chi connectivity index (χ0n) is 11.3. The maximum atomic E-state index is 11.7. The number of carbonyl (C=O) groups is 1. The van der Waals surface area contributed by atoms with Crippen LogP contribution in [0.15, 0.2) is 24.3 Å². The van der Waals surface area contributed by atoms with Gasteiger partial charge in [0.15, 0.2) is 6.10 Å². The third-order valence-electron chi connectivity index (χ3n) is 2.13. The van der Waals surface area contributed by atoms with E-state index in [2.05, 4.69) is 0 Å². The standard InChI is InChI=1S/C14H20O4/c1-10(13(16)18-14(2,3)4)17-12-7-5-6-11(8-12)9-15/h5-8,10,15H,9H2,1-4H3. The molecule has 4 heteroatoms. The average Bonchev–Trinajstić information content (AvgIpc) is 2.27. The molecule has 0 spiro atoms. The summed E-state index contributed by atoms with van der Waals surface area (Å²) >= 11 is 0. The summed E-state index contributed by atoms with van der Waals surface area (Å²) in [5.41, 5.74) is 0.214. The SMILES string of the molecule is CC(Oc1cccc(CO)c1)C(=O)OC(C)(C)C. The number of benzene rings is 1. The van der Waals surface area contributed by atoms with Gasteiger partial charge in [0.05, 0.1) is 6.61 Å². The predicted molar refractivity (Wildman–Crippen MR) is 68.3 cm³/mol. The number of esters is 1. The number of aliphatic hydroxyl groups excluding tert-OH is 1. The van der Waals surface area contributed by atoms with Crippen LogP contribution in [0.1, 0.15) is 33.3 Å². The van der Waals surface area contributed by atoms with Crippen LogP contribution in [0.5, 0.6) is 5.75 Å². The molecule has 0 amide bonds. The maximum Gasteiger partial charge on any atom is 0.347 e. The minimum Gasteiger partial charge on any atom is -0.479 e. The summed E-state index contributed by atoms with van der Waals surface area (Å²) in [7, 11) is 0. The highest BCUT2D eigenvalue weighted by molar-refractivity contribution is 5.75. The molecule has 0 fully saturated rings. The summed E-state index contributed by atoms with van der Waals surface area (Å²) in [6, 6.07) is 6.98. The second-order valence-electron chi connectivity index (χ2n) is 5.10. The summed E-state index contributed by atoms with van der Waals surface area (Å²) < 4.78 is 10.7. The number of aliphatic hydroxyl groups is 1. The van der Waals surface area contributed by atoms with E-state index in [0.29, 0.717) is 5.75 Å². The Morgan fingerprint density at radius 3 is 2.61 bits per heavy atom. The zero-order chi connectivity index (χ0) is 13.8. The monoisotopic (exact) mass is 252 g/mol. The minimum absolute atomic E-state index is 0.0575. The van der Waals surface area contributed by atoms with Crippen LogP contribution in [0.25, 0.3) is 0 Å². The Hall–Kier alpha value is -1.55. The lowest BCUT2D eigenvalue weighted by Crippen LogP contribution is -2.33.